The summed E-state index contributed by atoms with van der Waals surface area (Å²) in [6.45, 7) is 4.65. The van der Waals surface area contributed by atoms with Crippen molar-refractivity contribution in [3.8, 4) is 0 Å². The molecule has 0 spiro atoms. The third kappa shape index (κ3) is 3.80. The lowest BCUT2D eigenvalue weighted by atomic mass is 9.95. The van der Waals surface area contributed by atoms with Crippen LogP contribution in [0.4, 0.5) is 8.78 Å². The zero-order valence-corrected chi connectivity index (χ0v) is 12.8. The highest BCUT2D eigenvalue weighted by Gasteiger charge is 2.17. The molecule has 0 aliphatic carbocycles. The van der Waals surface area contributed by atoms with Crippen LogP contribution in [0.1, 0.15) is 29.7 Å². The van der Waals surface area contributed by atoms with Crippen LogP contribution < -0.4 is 5.32 Å². The summed E-state index contributed by atoms with van der Waals surface area (Å²) in [4.78, 5) is 0. The van der Waals surface area contributed by atoms with Gasteiger partial charge in [0.05, 0.1) is 0 Å². The van der Waals surface area contributed by atoms with E-state index in [4.69, 9.17) is 11.6 Å². The quantitative estimate of drug-likeness (QED) is 0.835. The van der Waals surface area contributed by atoms with Gasteiger partial charge in [0.2, 0.25) is 0 Å². The number of halogens is 3. The predicted molar refractivity (Wildman–Crippen MR) is 82.7 cm³/mol. The number of rotatable bonds is 5. The number of hydrogen-bond donors (Lipinski definition) is 1. The summed E-state index contributed by atoms with van der Waals surface area (Å²) < 4.78 is 27.2. The molecule has 112 valence electrons. The average molecular weight is 310 g/mol. The Morgan fingerprint density at radius 1 is 1.19 bits per heavy atom. The van der Waals surface area contributed by atoms with Crippen molar-refractivity contribution >= 4 is 11.6 Å². The van der Waals surface area contributed by atoms with Crippen molar-refractivity contribution in [2.45, 2.75) is 26.3 Å². The highest BCUT2D eigenvalue weighted by Crippen LogP contribution is 2.27. The van der Waals surface area contributed by atoms with Gasteiger partial charge < -0.3 is 5.32 Å². The second kappa shape index (κ2) is 7.01. The van der Waals surface area contributed by atoms with E-state index in [-0.39, 0.29) is 11.9 Å². The molecule has 0 aliphatic heterocycles. The number of hydrogen-bond acceptors (Lipinski definition) is 1. The molecule has 0 radical (unpaired) electrons. The maximum absolute atomic E-state index is 13.8. The lowest BCUT2D eigenvalue weighted by Gasteiger charge is -2.21. The fourth-order valence-electron chi connectivity index (χ4n) is 2.46. The second-order valence-corrected chi connectivity index (χ2v) is 5.41. The molecule has 0 bridgehead atoms. The monoisotopic (exact) mass is 309 g/mol. The molecule has 0 amide bonds. The first-order chi connectivity index (χ1) is 10.0. The van der Waals surface area contributed by atoms with Crippen LogP contribution in [0.5, 0.6) is 0 Å². The average Bonchev–Trinajstić information content (AvgIpc) is 2.45. The van der Waals surface area contributed by atoms with Gasteiger partial charge in [-0.15, -0.1) is 0 Å². The van der Waals surface area contributed by atoms with E-state index in [9.17, 15) is 8.78 Å². The Labute approximate surface area is 128 Å². The summed E-state index contributed by atoms with van der Waals surface area (Å²) in [7, 11) is 0. The second-order valence-electron chi connectivity index (χ2n) is 5.00. The van der Waals surface area contributed by atoms with Crippen molar-refractivity contribution in [1.82, 2.24) is 5.32 Å². The Hall–Kier alpha value is -1.45. The Morgan fingerprint density at radius 2 is 1.95 bits per heavy atom. The molecule has 21 heavy (non-hydrogen) atoms. The summed E-state index contributed by atoms with van der Waals surface area (Å²) in [5, 5.41) is 3.99. The molecule has 1 atom stereocenters. The maximum atomic E-state index is 13.8. The molecular weight excluding hydrogens is 292 g/mol. The molecule has 0 aliphatic rings. The molecule has 0 fully saturated rings. The van der Waals surface area contributed by atoms with E-state index < -0.39 is 5.82 Å². The van der Waals surface area contributed by atoms with Gasteiger partial charge >= 0.3 is 0 Å². The molecule has 0 saturated carbocycles. The highest BCUT2D eigenvalue weighted by atomic mass is 35.5. The summed E-state index contributed by atoms with van der Waals surface area (Å²) in [5.74, 6) is -0.816. The first-order valence-electron chi connectivity index (χ1n) is 6.95. The van der Waals surface area contributed by atoms with E-state index in [0.29, 0.717) is 17.0 Å². The molecule has 2 rings (SSSR count). The summed E-state index contributed by atoms with van der Waals surface area (Å²) in [5.41, 5.74) is 2.33. The zero-order chi connectivity index (χ0) is 15.4. The van der Waals surface area contributed by atoms with Crippen molar-refractivity contribution in [3.63, 3.8) is 0 Å². The smallest absolute Gasteiger partial charge is 0.126 e. The molecule has 4 heteroatoms. The zero-order valence-electron chi connectivity index (χ0n) is 12.1. The van der Waals surface area contributed by atoms with Crippen LogP contribution >= 0.6 is 11.6 Å². The van der Waals surface area contributed by atoms with Crippen LogP contribution in [-0.4, -0.2) is 6.54 Å². The SMILES string of the molecule is CCNC(Cc1cc(F)ccc1F)c1cccc(Cl)c1C. The van der Waals surface area contributed by atoms with Gasteiger partial charge in [0, 0.05) is 11.1 Å². The van der Waals surface area contributed by atoms with Crippen LogP contribution in [0.3, 0.4) is 0 Å². The molecule has 0 heterocycles. The van der Waals surface area contributed by atoms with Crippen molar-refractivity contribution in [3.05, 3.63) is 69.7 Å². The van der Waals surface area contributed by atoms with Gasteiger partial charge in [0.15, 0.2) is 0 Å². The van der Waals surface area contributed by atoms with Crippen molar-refractivity contribution in [1.29, 1.82) is 0 Å². The lowest BCUT2D eigenvalue weighted by molar-refractivity contribution is 0.520. The standard InChI is InChI=1S/C17H18ClF2N/c1-3-21-17(14-5-4-6-15(18)11(14)2)10-12-9-13(19)7-8-16(12)20/h4-9,17,21H,3,10H2,1-2H3. The fraction of sp³-hybridized carbons (Fsp3) is 0.294. The van der Waals surface area contributed by atoms with Gasteiger partial charge in [-0.05, 0) is 60.8 Å². The van der Waals surface area contributed by atoms with E-state index in [2.05, 4.69) is 5.32 Å². The van der Waals surface area contributed by atoms with Crippen molar-refractivity contribution in [2.75, 3.05) is 6.54 Å². The maximum Gasteiger partial charge on any atom is 0.126 e. The Bertz CT molecular complexity index is 628. The van der Waals surface area contributed by atoms with Crippen LogP contribution in [0, 0.1) is 18.6 Å². The van der Waals surface area contributed by atoms with E-state index in [0.717, 1.165) is 23.7 Å². The molecular formula is C17H18ClF2N. The first kappa shape index (κ1) is 15.9. The minimum atomic E-state index is -0.426. The van der Waals surface area contributed by atoms with Crippen LogP contribution in [-0.2, 0) is 6.42 Å². The van der Waals surface area contributed by atoms with Crippen LogP contribution in [0.15, 0.2) is 36.4 Å². The molecule has 1 N–H and O–H groups in total. The van der Waals surface area contributed by atoms with Gasteiger partial charge in [0.1, 0.15) is 11.6 Å². The summed E-state index contributed by atoms with van der Waals surface area (Å²) >= 11 is 6.16. The number of benzene rings is 2. The molecule has 1 unspecified atom stereocenters. The topological polar surface area (TPSA) is 12.0 Å². The lowest BCUT2D eigenvalue weighted by Crippen LogP contribution is -2.24. The van der Waals surface area contributed by atoms with Gasteiger partial charge in [0.25, 0.3) is 0 Å². The van der Waals surface area contributed by atoms with E-state index >= 15 is 0 Å². The van der Waals surface area contributed by atoms with Crippen LogP contribution in [0.2, 0.25) is 5.02 Å². The van der Waals surface area contributed by atoms with Gasteiger partial charge in [-0.1, -0.05) is 30.7 Å². The van der Waals surface area contributed by atoms with E-state index in [1.165, 1.54) is 12.1 Å². The summed E-state index contributed by atoms with van der Waals surface area (Å²) in [6.07, 6.45) is 0.374. The van der Waals surface area contributed by atoms with Gasteiger partial charge in [-0.3, -0.25) is 0 Å². The minimum absolute atomic E-state index is 0.106. The highest BCUT2D eigenvalue weighted by molar-refractivity contribution is 6.31. The molecule has 0 saturated heterocycles. The van der Waals surface area contributed by atoms with Gasteiger partial charge in [-0.2, -0.15) is 0 Å². The Balaban J connectivity index is 2.35. The summed E-state index contributed by atoms with van der Waals surface area (Å²) in [6, 6.07) is 9.10. The fourth-order valence-corrected chi connectivity index (χ4v) is 2.64. The minimum Gasteiger partial charge on any atom is -0.310 e. The van der Waals surface area contributed by atoms with Crippen molar-refractivity contribution < 1.29 is 8.78 Å². The third-order valence-corrected chi connectivity index (χ3v) is 3.98. The van der Waals surface area contributed by atoms with Crippen LogP contribution in [0.25, 0.3) is 0 Å². The Morgan fingerprint density at radius 3 is 2.67 bits per heavy atom. The molecule has 1 nitrogen and oxygen atoms in total. The third-order valence-electron chi connectivity index (χ3n) is 3.57. The largest absolute Gasteiger partial charge is 0.310 e. The van der Waals surface area contributed by atoms with E-state index in [1.807, 2.05) is 32.0 Å². The predicted octanol–water partition coefficient (Wildman–Crippen LogP) is 4.82. The normalized spacial score (nSPS) is 12.4. The number of nitrogens with one attached hydrogen (secondary N) is 1. The molecule has 0 aromatic heterocycles. The Kier molecular flexibility index (Phi) is 5.32. The number of likely N-dealkylation sites (N-methyl/N-ethyl adjacent to an activating group) is 1. The van der Waals surface area contributed by atoms with Crippen molar-refractivity contribution in [2.24, 2.45) is 0 Å². The van der Waals surface area contributed by atoms with Gasteiger partial charge in [-0.25, -0.2) is 8.78 Å². The van der Waals surface area contributed by atoms with E-state index in [1.54, 1.807) is 0 Å². The molecule has 2 aromatic carbocycles. The first-order valence-corrected chi connectivity index (χ1v) is 7.33. The molecule has 2 aromatic rings.